The fourth-order valence-corrected chi connectivity index (χ4v) is 5.04. The highest BCUT2D eigenvalue weighted by Gasteiger charge is 2.11. The number of carbonyl (C=O) groups excluding carboxylic acids is 1. The van der Waals surface area contributed by atoms with Gasteiger partial charge in [-0.25, -0.2) is 0 Å². The third-order valence-corrected chi connectivity index (χ3v) is 7.76. The number of allylic oxidation sites excluding steroid dienone is 7. The third kappa shape index (κ3) is 34.3. The van der Waals surface area contributed by atoms with Crippen LogP contribution in [0, 0.1) is 0 Å². The molecular weight excluding hydrogens is 532 g/mol. The van der Waals surface area contributed by atoms with Crippen LogP contribution in [0.2, 0.25) is 0 Å². The molecule has 1 N–H and O–H groups in total. The average molecular weight is 601 g/mol. The van der Waals surface area contributed by atoms with Gasteiger partial charge in [-0.3, -0.25) is 9.59 Å². The Labute approximate surface area is 266 Å². The Morgan fingerprint density at radius 3 is 1.56 bits per heavy atom. The van der Waals surface area contributed by atoms with Crippen LogP contribution in [-0.4, -0.2) is 23.1 Å². The number of carboxylic acid groups (broad SMARTS) is 1. The van der Waals surface area contributed by atoms with Gasteiger partial charge < -0.3 is 9.84 Å². The Bertz CT molecular complexity index is 734. The standard InChI is InChI=1S/C39H68O4/c1-3-5-7-9-11-13-14-15-16-17-18-20-22-28-32-36-39(42)43-37(33-29-25-21-19-12-10-8-6-4-2)34-30-26-23-24-27-31-35-38(40)41/h11,13,15-16,19,21,29,33,37H,3-10,12,14,17-18,20,22-28,30-32,34-36H2,1-2H3,(H,40,41)/b13-11-,16-15-,21-19-,33-29-. The van der Waals surface area contributed by atoms with E-state index in [1.807, 2.05) is 0 Å². The number of aliphatic carboxylic acids is 1. The molecule has 1 atom stereocenters. The van der Waals surface area contributed by atoms with Crippen molar-refractivity contribution in [2.75, 3.05) is 0 Å². The van der Waals surface area contributed by atoms with Crippen molar-refractivity contribution in [2.45, 2.75) is 187 Å². The summed E-state index contributed by atoms with van der Waals surface area (Å²) in [5.74, 6) is -0.775. The number of ether oxygens (including phenoxy) is 1. The van der Waals surface area contributed by atoms with Crippen LogP contribution in [0.15, 0.2) is 48.6 Å². The van der Waals surface area contributed by atoms with Crippen molar-refractivity contribution < 1.29 is 19.4 Å². The van der Waals surface area contributed by atoms with Crippen LogP contribution in [-0.2, 0) is 14.3 Å². The summed E-state index contributed by atoms with van der Waals surface area (Å²) in [6.07, 6.45) is 45.6. The van der Waals surface area contributed by atoms with Gasteiger partial charge in [0.1, 0.15) is 6.10 Å². The van der Waals surface area contributed by atoms with Crippen molar-refractivity contribution in [3.63, 3.8) is 0 Å². The minimum atomic E-state index is -0.706. The maximum Gasteiger partial charge on any atom is 0.306 e. The van der Waals surface area contributed by atoms with Crippen LogP contribution >= 0.6 is 0 Å². The van der Waals surface area contributed by atoms with Gasteiger partial charge in [0.05, 0.1) is 0 Å². The molecule has 0 saturated carbocycles. The van der Waals surface area contributed by atoms with Crippen molar-refractivity contribution in [1.82, 2.24) is 0 Å². The van der Waals surface area contributed by atoms with E-state index in [-0.39, 0.29) is 18.5 Å². The molecule has 4 nitrogen and oxygen atoms in total. The Morgan fingerprint density at radius 2 is 0.977 bits per heavy atom. The number of hydrogen-bond acceptors (Lipinski definition) is 3. The van der Waals surface area contributed by atoms with Gasteiger partial charge in [0.2, 0.25) is 0 Å². The number of unbranched alkanes of at least 4 members (excludes halogenated alkanes) is 17. The lowest BCUT2D eigenvalue weighted by molar-refractivity contribution is -0.147. The quantitative estimate of drug-likeness (QED) is 0.0474. The van der Waals surface area contributed by atoms with Crippen molar-refractivity contribution in [2.24, 2.45) is 0 Å². The molecule has 248 valence electrons. The molecule has 0 aromatic heterocycles. The van der Waals surface area contributed by atoms with Gasteiger partial charge in [-0.2, -0.15) is 0 Å². The summed E-state index contributed by atoms with van der Waals surface area (Å²) in [6.45, 7) is 4.48. The molecule has 0 heterocycles. The predicted molar refractivity (Wildman–Crippen MR) is 185 cm³/mol. The first-order valence-electron chi connectivity index (χ1n) is 18.1. The second-order valence-corrected chi connectivity index (χ2v) is 12.0. The van der Waals surface area contributed by atoms with Gasteiger partial charge in [0.15, 0.2) is 0 Å². The Kier molecular flexibility index (Phi) is 32.7. The van der Waals surface area contributed by atoms with Gasteiger partial charge in [-0.05, 0) is 83.1 Å². The van der Waals surface area contributed by atoms with E-state index in [2.05, 4.69) is 62.5 Å². The van der Waals surface area contributed by atoms with E-state index >= 15 is 0 Å². The molecule has 43 heavy (non-hydrogen) atoms. The van der Waals surface area contributed by atoms with E-state index < -0.39 is 5.97 Å². The van der Waals surface area contributed by atoms with Gasteiger partial charge in [0.25, 0.3) is 0 Å². The van der Waals surface area contributed by atoms with E-state index in [4.69, 9.17) is 9.84 Å². The van der Waals surface area contributed by atoms with E-state index in [0.717, 1.165) is 83.5 Å². The molecule has 0 bridgehead atoms. The molecule has 0 aliphatic carbocycles. The van der Waals surface area contributed by atoms with Crippen LogP contribution < -0.4 is 0 Å². The van der Waals surface area contributed by atoms with E-state index in [0.29, 0.717) is 6.42 Å². The van der Waals surface area contributed by atoms with E-state index in [1.165, 1.54) is 70.6 Å². The predicted octanol–water partition coefficient (Wildman–Crippen LogP) is 12.4. The van der Waals surface area contributed by atoms with E-state index in [1.54, 1.807) is 0 Å². The van der Waals surface area contributed by atoms with Crippen molar-refractivity contribution in [1.29, 1.82) is 0 Å². The van der Waals surface area contributed by atoms with Gasteiger partial charge in [-0.15, -0.1) is 0 Å². The van der Waals surface area contributed by atoms with Gasteiger partial charge >= 0.3 is 11.9 Å². The fraction of sp³-hybridized carbons (Fsp3) is 0.744. The lowest BCUT2D eigenvalue weighted by Crippen LogP contribution is -2.16. The number of hydrogen-bond donors (Lipinski definition) is 1. The Morgan fingerprint density at radius 1 is 0.535 bits per heavy atom. The topological polar surface area (TPSA) is 63.6 Å². The minimum absolute atomic E-state index is 0.0690. The average Bonchev–Trinajstić information content (AvgIpc) is 2.99. The van der Waals surface area contributed by atoms with Gasteiger partial charge in [0, 0.05) is 12.8 Å². The zero-order valence-electron chi connectivity index (χ0n) is 28.3. The summed E-state index contributed by atoms with van der Waals surface area (Å²) in [6, 6.07) is 0. The highest BCUT2D eigenvalue weighted by Crippen LogP contribution is 2.15. The van der Waals surface area contributed by atoms with Crippen LogP contribution in [0.4, 0.5) is 0 Å². The number of rotatable bonds is 32. The first-order chi connectivity index (χ1) is 21.1. The van der Waals surface area contributed by atoms with Gasteiger partial charge in [-0.1, -0.05) is 133 Å². The molecule has 0 aromatic carbocycles. The zero-order chi connectivity index (χ0) is 31.5. The number of carbonyl (C=O) groups is 2. The maximum absolute atomic E-state index is 12.6. The Hall–Kier alpha value is -2.10. The maximum atomic E-state index is 12.6. The van der Waals surface area contributed by atoms with Crippen molar-refractivity contribution >= 4 is 11.9 Å². The lowest BCUT2D eigenvalue weighted by Gasteiger charge is -2.14. The highest BCUT2D eigenvalue weighted by molar-refractivity contribution is 5.69. The summed E-state index contributed by atoms with van der Waals surface area (Å²) in [4.78, 5) is 23.2. The van der Waals surface area contributed by atoms with E-state index in [9.17, 15) is 9.59 Å². The molecule has 0 saturated heterocycles. The molecule has 0 spiro atoms. The van der Waals surface area contributed by atoms with Crippen LogP contribution in [0.3, 0.4) is 0 Å². The fourth-order valence-electron chi connectivity index (χ4n) is 5.04. The van der Waals surface area contributed by atoms with Crippen molar-refractivity contribution in [3.05, 3.63) is 48.6 Å². The summed E-state index contributed by atoms with van der Waals surface area (Å²) >= 11 is 0. The zero-order valence-corrected chi connectivity index (χ0v) is 28.3. The summed E-state index contributed by atoms with van der Waals surface area (Å²) in [5.41, 5.74) is 0. The second kappa shape index (κ2) is 34.4. The molecule has 0 rings (SSSR count). The first kappa shape index (κ1) is 40.9. The summed E-state index contributed by atoms with van der Waals surface area (Å²) in [5, 5.41) is 8.76. The molecule has 4 heteroatoms. The third-order valence-electron chi connectivity index (χ3n) is 7.76. The molecule has 0 aliphatic heterocycles. The lowest BCUT2D eigenvalue weighted by atomic mass is 10.1. The summed E-state index contributed by atoms with van der Waals surface area (Å²) in [7, 11) is 0. The second-order valence-electron chi connectivity index (χ2n) is 12.0. The highest BCUT2D eigenvalue weighted by atomic mass is 16.5. The van der Waals surface area contributed by atoms with Crippen LogP contribution in [0.5, 0.6) is 0 Å². The summed E-state index contributed by atoms with van der Waals surface area (Å²) < 4.78 is 5.88. The van der Waals surface area contributed by atoms with Crippen LogP contribution in [0.1, 0.15) is 181 Å². The number of esters is 1. The van der Waals surface area contributed by atoms with Crippen LogP contribution in [0.25, 0.3) is 0 Å². The normalized spacial score (nSPS) is 12.8. The molecule has 1 unspecified atom stereocenters. The minimum Gasteiger partial charge on any atom is -0.481 e. The smallest absolute Gasteiger partial charge is 0.306 e. The molecule has 0 aromatic rings. The molecule has 0 amide bonds. The molecular formula is C39H68O4. The largest absolute Gasteiger partial charge is 0.481 e. The SMILES string of the molecule is CCCCC/C=C\C/C=C\CCCCCCCC(=O)OC(/C=C\C/C=C\CCCCCC)CCCCCCCCC(=O)O. The first-order valence-corrected chi connectivity index (χ1v) is 18.1. The molecule has 0 aliphatic rings. The number of carboxylic acids is 1. The monoisotopic (exact) mass is 601 g/mol. The molecule has 0 fully saturated rings. The molecule has 0 radical (unpaired) electrons. The Balaban J connectivity index is 4.18. The van der Waals surface area contributed by atoms with Crippen molar-refractivity contribution in [3.8, 4) is 0 Å².